The van der Waals surface area contributed by atoms with Gasteiger partial charge in [0, 0.05) is 0 Å². The molecule has 0 heterocycles. The summed E-state index contributed by atoms with van der Waals surface area (Å²) in [4.78, 5) is 24.4. The molecule has 0 aliphatic heterocycles. The number of amides is 1. The van der Waals surface area contributed by atoms with Gasteiger partial charge in [-0.25, -0.2) is 9.59 Å². The molecule has 6 nitrogen and oxygen atoms in total. The van der Waals surface area contributed by atoms with Gasteiger partial charge >= 0.3 is 12.1 Å². The van der Waals surface area contributed by atoms with Crippen LogP contribution in [-0.2, 0) is 14.3 Å². The standard InChI is InChI=1S/C18H27NO5/c1-6-7-12-23-16(20)15(19-17(21)24-18(2,3)4)13-8-10-14(22-5)11-9-13/h8-11,15H,6-7,12H2,1-5H3,(H,19,21). The molecule has 0 fully saturated rings. The van der Waals surface area contributed by atoms with E-state index in [4.69, 9.17) is 14.2 Å². The van der Waals surface area contributed by atoms with Crippen LogP contribution in [0.3, 0.4) is 0 Å². The Morgan fingerprint density at radius 3 is 2.29 bits per heavy atom. The number of rotatable bonds is 7. The van der Waals surface area contributed by atoms with Crippen molar-refractivity contribution in [1.82, 2.24) is 5.32 Å². The van der Waals surface area contributed by atoms with Gasteiger partial charge < -0.3 is 19.5 Å². The molecule has 0 aromatic heterocycles. The Bertz CT molecular complexity index is 533. The first kappa shape index (κ1) is 19.8. The van der Waals surface area contributed by atoms with Crippen LogP contribution < -0.4 is 10.1 Å². The Morgan fingerprint density at radius 1 is 1.17 bits per heavy atom. The molecule has 1 aromatic rings. The maximum Gasteiger partial charge on any atom is 0.408 e. The van der Waals surface area contributed by atoms with Crippen molar-refractivity contribution in [3.05, 3.63) is 29.8 Å². The maximum absolute atomic E-state index is 12.4. The van der Waals surface area contributed by atoms with Crippen molar-refractivity contribution < 1.29 is 23.8 Å². The van der Waals surface area contributed by atoms with Gasteiger partial charge in [0.1, 0.15) is 11.4 Å². The quantitative estimate of drug-likeness (QED) is 0.608. The van der Waals surface area contributed by atoms with Crippen molar-refractivity contribution in [2.75, 3.05) is 13.7 Å². The zero-order valence-electron chi connectivity index (χ0n) is 15.0. The van der Waals surface area contributed by atoms with Gasteiger partial charge in [0.2, 0.25) is 0 Å². The predicted octanol–water partition coefficient (Wildman–Crippen LogP) is 3.60. The molecule has 0 aliphatic rings. The normalized spacial score (nSPS) is 12.2. The Kier molecular flexibility index (Phi) is 7.55. The number of ether oxygens (including phenoxy) is 3. The molecule has 0 saturated carbocycles. The van der Waals surface area contributed by atoms with Gasteiger partial charge in [-0.15, -0.1) is 0 Å². The molecule has 0 spiro atoms. The lowest BCUT2D eigenvalue weighted by atomic mass is 10.1. The third-order valence-corrected chi connectivity index (χ3v) is 3.09. The fourth-order valence-corrected chi connectivity index (χ4v) is 1.90. The number of carbonyl (C=O) groups is 2. The minimum atomic E-state index is -0.928. The maximum atomic E-state index is 12.4. The summed E-state index contributed by atoms with van der Waals surface area (Å²) in [5, 5.41) is 2.58. The van der Waals surface area contributed by atoms with Gasteiger partial charge in [-0.2, -0.15) is 0 Å². The summed E-state index contributed by atoms with van der Waals surface area (Å²) in [7, 11) is 1.56. The number of alkyl carbamates (subject to hydrolysis) is 1. The largest absolute Gasteiger partial charge is 0.497 e. The average Bonchev–Trinajstić information content (AvgIpc) is 2.51. The van der Waals surface area contributed by atoms with Crippen molar-refractivity contribution in [2.45, 2.75) is 52.2 Å². The lowest BCUT2D eigenvalue weighted by molar-refractivity contribution is -0.146. The highest BCUT2D eigenvalue weighted by atomic mass is 16.6. The first-order chi connectivity index (χ1) is 11.3. The van der Waals surface area contributed by atoms with E-state index in [-0.39, 0.29) is 0 Å². The Balaban J connectivity index is 2.89. The first-order valence-corrected chi connectivity index (χ1v) is 8.07. The second kappa shape index (κ2) is 9.15. The number of unbranched alkanes of at least 4 members (excludes halogenated alkanes) is 1. The van der Waals surface area contributed by atoms with Crippen LogP contribution in [0.15, 0.2) is 24.3 Å². The van der Waals surface area contributed by atoms with Crippen LogP contribution in [0.2, 0.25) is 0 Å². The number of carbonyl (C=O) groups excluding carboxylic acids is 2. The van der Waals surface area contributed by atoms with Crippen molar-refractivity contribution in [2.24, 2.45) is 0 Å². The van der Waals surface area contributed by atoms with E-state index in [9.17, 15) is 9.59 Å². The van der Waals surface area contributed by atoms with Crippen LogP contribution in [0.25, 0.3) is 0 Å². The molecular weight excluding hydrogens is 310 g/mol. The minimum Gasteiger partial charge on any atom is -0.497 e. The van der Waals surface area contributed by atoms with Crippen LogP contribution in [0, 0.1) is 0 Å². The van der Waals surface area contributed by atoms with Crippen molar-refractivity contribution in [3.63, 3.8) is 0 Å². The summed E-state index contributed by atoms with van der Waals surface area (Å²) in [6, 6.07) is 5.93. The Labute approximate surface area is 143 Å². The van der Waals surface area contributed by atoms with Gasteiger partial charge in [-0.05, 0) is 44.9 Å². The van der Waals surface area contributed by atoms with Crippen LogP contribution in [0.5, 0.6) is 5.75 Å². The van der Waals surface area contributed by atoms with E-state index >= 15 is 0 Å². The number of esters is 1. The van der Waals surface area contributed by atoms with E-state index in [1.54, 1.807) is 52.1 Å². The lowest BCUT2D eigenvalue weighted by Gasteiger charge is -2.23. The van der Waals surface area contributed by atoms with Crippen LogP contribution in [-0.4, -0.2) is 31.4 Å². The van der Waals surface area contributed by atoms with Crippen molar-refractivity contribution in [3.8, 4) is 5.75 Å². The average molecular weight is 337 g/mol. The second-order valence-electron chi connectivity index (χ2n) is 6.37. The van der Waals surface area contributed by atoms with E-state index in [1.165, 1.54) is 0 Å². The highest BCUT2D eigenvalue weighted by Gasteiger charge is 2.27. The molecule has 6 heteroatoms. The summed E-state index contributed by atoms with van der Waals surface area (Å²) in [6.45, 7) is 7.60. The highest BCUT2D eigenvalue weighted by Crippen LogP contribution is 2.20. The number of hydrogen-bond donors (Lipinski definition) is 1. The summed E-state index contributed by atoms with van der Waals surface area (Å²) in [6.07, 6.45) is 1.02. The SMILES string of the molecule is CCCCOC(=O)C(NC(=O)OC(C)(C)C)c1ccc(OC)cc1. The fourth-order valence-electron chi connectivity index (χ4n) is 1.90. The molecular formula is C18H27NO5. The monoisotopic (exact) mass is 337 g/mol. The number of benzene rings is 1. The molecule has 0 bridgehead atoms. The Hall–Kier alpha value is -2.24. The third-order valence-electron chi connectivity index (χ3n) is 3.09. The molecule has 1 unspecified atom stereocenters. The van der Waals surface area contributed by atoms with Crippen LogP contribution in [0.4, 0.5) is 4.79 Å². The van der Waals surface area contributed by atoms with Gasteiger partial charge in [-0.1, -0.05) is 25.5 Å². The number of nitrogens with one attached hydrogen (secondary N) is 1. The molecule has 1 rings (SSSR count). The van der Waals surface area contributed by atoms with Crippen LogP contribution in [0.1, 0.15) is 52.1 Å². The summed E-state index contributed by atoms with van der Waals surface area (Å²) in [5.74, 6) is 0.147. The van der Waals surface area contributed by atoms with E-state index in [2.05, 4.69) is 5.32 Å². The molecule has 1 aromatic carbocycles. The summed E-state index contributed by atoms with van der Waals surface area (Å²) in [5.41, 5.74) is -0.0520. The van der Waals surface area contributed by atoms with Gasteiger partial charge in [0.05, 0.1) is 13.7 Å². The van der Waals surface area contributed by atoms with Crippen LogP contribution >= 0.6 is 0 Å². The van der Waals surface area contributed by atoms with E-state index in [0.717, 1.165) is 12.8 Å². The first-order valence-electron chi connectivity index (χ1n) is 8.07. The van der Waals surface area contributed by atoms with E-state index < -0.39 is 23.7 Å². The van der Waals surface area contributed by atoms with Gasteiger partial charge in [-0.3, -0.25) is 0 Å². The van der Waals surface area contributed by atoms with Gasteiger partial charge in [0.15, 0.2) is 6.04 Å². The molecule has 0 saturated heterocycles. The zero-order valence-corrected chi connectivity index (χ0v) is 15.0. The number of hydrogen-bond acceptors (Lipinski definition) is 5. The van der Waals surface area contributed by atoms with Gasteiger partial charge in [0.25, 0.3) is 0 Å². The lowest BCUT2D eigenvalue weighted by Crippen LogP contribution is -2.38. The summed E-state index contributed by atoms with van der Waals surface area (Å²) >= 11 is 0. The molecule has 1 amide bonds. The molecule has 1 atom stereocenters. The third kappa shape index (κ3) is 6.89. The van der Waals surface area contributed by atoms with Crippen molar-refractivity contribution >= 4 is 12.1 Å². The number of methoxy groups -OCH3 is 1. The molecule has 0 radical (unpaired) electrons. The molecule has 1 N–H and O–H groups in total. The molecule has 0 aliphatic carbocycles. The highest BCUT2D eigenvalue weighted by molar-refractivity contribution is 5.82. The van der Waals surface area contributed by atoms with E-state index in [1.807, 2.05) is 6.92 Å². The Morgan fingerprint density at radius 2 is 1.79 bits per heavy atom. The molecule has 134 valence electrons. The minimum absolute atomic E-state index is 0.317. The smallest absolute Gasteiger partial charge is 0.408 e. The predicted molar refractivity (Wildman–Crippen MR) is 91.0 cm³/mol. The molecule has 24 heavy (non-hydrogen) atoms. The second-order valence-corrected chi connectivity index (χ2v) is 6.37. The van der Waals surface area contributed by atoms with Crippen molar-refractivity contribution in [1.29, 1.82) is 0 Å². The van der Waals surface area contributed by atoms with E-state index in [0.29, 0.717) is 17.9 Å². The topological polar surface area (TPSA) is 73.9 Å². The zero-order chi connectivity index (χ0) is 18.2. The fraction of sp³-hybridized carbons (Fsp3) is 0.556. The summed E-state index contributed by atoms with van der Waals surface area (Å²) < 4.78 is 15.6.